The number of anilines is 2. The Bertz CT molecular complexity index is 1240. The number of hydrogen-bond donors (Lipinski definition) is 3. The van der Waals surface area contributed by atoms with Crippen molar-refractivity contribution in [2.24, 2.45) is 5.41 Å². The second-order valence-electron chi connectivity index (χ2n) is 8.75. The summed E-state index contributed by atoms with van der Waals surface area (Å²) in [5.41, 5.74) is 3.00. The van der Waals surface area contributed by atoms with Gasteiger partial charge in [0.15, 0.2) is 5.65 Å². The third-order valence-corrected chi connectivity index (χ3v) is 7.05. The number of aromatic nitrogens is 4. The molecule has 3 heterocycles. The molecule has 2 atom stereocenters. The standard InChI is InChI=1S/C22H24BrN7O2/c1-22(20(32)24-2)8-7-13(10-22)26-21-25-11-15-18(23)29-30(19(15)28-21)14-5-3-12-4-6-17(31)27-16(12)9-14/h3,5,9,11,13H,4,6-8,10H2,1-2H3,(H,24,32)(H,27,31)(H,25,26,28)/t13?,22-/m1/s1. The van der Waals surface area contributed by atoms with Gasteiger partial charge in [0.1, 0.15) is 4.60 Å². The monoisotopic (exact) mass is 497 g/mol. The molecular formula is C22H24BrN7O2. The Morgan fingerprint density at radius 2 is 2.19 bits per heavy atom. The van der Waals surface area contributed by atoms with Crippen LogP contribution in [0.2, 0.25) is 0 Å². The zero-order valence-electron chi connectivity index (χ0n) is 17.9. The number of hydrogen-bond acceptors (Lipinski definition) is 6. The van der Waals surface area contributed by atoms with Crippen LogP contribution in [0.5, 0.6) is 0 Å². The first kappa shape index (κ1) is 20.9. The molecule has 9 nitrogen and oxygen atoms in total. The van der Waals surface area contributed by atoms with Gasteiger partial charge in [-0.15, -0.1) is 0 Å². The van der Waals surface area contributed by atoms with Crippen molar-refractivity contribution < 1.29 is 9.59 Å². The third kappa shape index (κ3) is 3.62. The highest BCUT2D eigenvalue weighted by Gasteiger charge is 2.41. The van der Waals surface area contributed by atoms with E-state index >= 15 is 0 Å². The molecule has 1 aromatic carbocycles. The number of benzene rings is 1. The Morgan fingerprint density at radius 3 is 3.00 bits per heavy atom. The molecule has 0 bridgehead atoms. The lowest BCUT2D eigenvalue weighted by molar-refractivity contribution is -0.129. The number of carbonyl (C=O) groups is 2. The predicted molar refractivity (Wildman–Crippen MR) is 125 cm³/mol. The lowest BCUT2D eigenvalue weighted by Gasteiger charge is -2.22. The van der Waals surface area contributed by atoms with Crippen molar-refractivity contribution in [2.75, 3.05) is 17.7 Å². The van der Waals surface area contributed by atoms with Crippen LogP contribution in [-0.2, 0) is 16.0 Å². The molecule has 10 heteroatoms. The molecule has 2 aliphatic rings. The Morgan fingerprint density at radius 1 is 1.34 bits per heavy atom. The first-order valence-electron chi connectivity index (χ1n) is 10.7. The van der Waals surface area contributed by atoms with Crippen LogP contribution < -0.4 is 16.0 Å². The highest BCUT2D eigenvalue weighted by atomic mass is 79.9. The molecule has 0 spiro atoms. The molecule has 1 unspecified atom stereocenters. The summed E-state index contributed by atoms with van der Waals surface area (Å²) < 4.78 is 2.39. The molecule has 1 saturated carbocycles. The summed E-state index contributed by atoms with van der Waals surface area (Å²) in [6.45, 7) is 2.00. The minimum absolute atomic E-state index is 0.0234. The first-order chi connectivity index (χ1) is 15.4. The van der Waals surface area contributed by atoms with Gasteiger partial charge in [-0.2, -0.15) is 10.1 Å². The van der Waals surface area contributed by atoms with Gasteiger partial charge in [-0.3, -0.25) is 9.59 Å². The maximum Gasteiger partial charge on any atom is 0.225 e. The van der Waals surface area contributed by atoms with Crippen molar-refractivity contribution in [2.45, 2.75) is 45.1 Å². The average molecular weight is 498 g/mol. The van der Waals surface area contributed by atoms with Crippen LogP contribution in [-0.4, -0.2) is 44.7 Å². The lowest BCUT2D eigenvalue weighted by atomic mass is 9.87. The van der Waals surface area contributed by atoms with Gasteiger partial charge in [-0.25, -0.2) is 9.67 Å². The first-order valence-corrected chi connectivity index (χ1v) is 11.5. The van der Waals surface area contributed by atoms with E-state index in [4.69, 9.17) is 4.98 Å². The summed E-state index contributed by atoms with van der Waals surface area (Å²) in [6.07, 6.45) is 5.39. The SMILES string of the molecule is CNC(=O)[C@]1(C)CCC(Nc2ncc3c(Br)nn(-c4ccc5c(c4)NC(=O)CC5)c3n2)C1. The lowest BCUT2D eigenvalue weighted by Crippen LogP contribution is -2.35. The number of fused-ring (bicyclic) bond motifs is 2. The molecule has 166 valence electrons. The zero-order chi connectivity index (χ0) is 22.5. The fraction of sp³-hybridized carbons (Fsp3) is 0.409. The minimum Gasteiger partial charge on any atom is -0.359 e. The van der Waals surface area contributed by atoms with Gasteiger partial charge < -0.3 is 16.0 Å². The molecule has 0 radical (unpaired) electrons. The van der Waals surface area contributed by atoms with Crippen molar-refractivity contribution in [3.63, 3.8) is 0 Å². The van der Waals surface area contributed by atoms with Crippen molar-refractivity contribution in [1.82, 2.24) is 25.1 Å². The van der Waals surface area contributed by atoms with Crippen LogP contribution in [0.15, 0.2) is 29.0 Å². The number of amides is 2. The van der Waals surface area contributed by atoms with E-state index < -0.39 is 0 Å². The van der Waals surface area contributed by atoms with Gasteiger partial charge >= 0.3 is 0 Å². The van der Waals surface area contributed by atoms with Gasteiger partial charge in [0.2, 0.25) is 17.8 Å². The predicted octanol–water partition coefficient (Wildman–Crippen LogP) is 3.18. The molecule has 3 N–H and O–H groups in total. The van der Waals surface area contributed by atoms with Crippen molar-refractivity contribution in [3.05, 3.63) is 34.6 Å². The Labute approximate surface area is 193 Å². The largest absolute Gasteiger partial charge is 0.359 e. The van der Waals surface area contributed by atoms with E-state index in [9.17, 15) is 9.59 Å². The van der Waals surface area contributed by atoms with Crippen molar-refractivity contribution in [1.29, 1.82) is 0 Å². The summed E-state index contributed by atoms with van der Waals surface area (Å²) in [7, 11) is 1.68. The van der Waals surface area contributed by atoms with Crippen molar-refractivity contribution >= 4 is 50.4 Å². The second-order valence-corrected chi connectivity index (χ2v) is 9.50. The number of aryl methyl sites for hydroxylation is 1. The molecular weight excluding hydrogens is 474 g/mol. The van der Waals surface area contributed by atoms with E-state index in [0.717, 1.165) is 48.0 Å². The van der Waals surface area contributed by atoms with Gasteiger partial charge in [0, 0.05) is 36.8 Å². The van der Waals surface area contributed by atoms with Crippen LogP contribution in [0.4, 0.5) is 11.6 Å². The molecule has 1 aliphatic heterocycles. The van der Waals surface area contributed by atoms with Crippen LogP contribution in [0, 0.1) is 5.41 Å². The van der Waals surface area contributed by atoms with Crippen molar-refractivity contribution in [3.8, 4) is 5.69 Å². The summed E-state index contributed by atoms with van der Waals surface area (Å²) >= 11 is 3.50. The van der Waals surface area contributed by atoms with E-state index in [1.165, 1.54) is 0 Å². The molecule has 2 aromatic heterocycles. The zero-order valence-corrected chi connectivity index (χ0v) is 19.5. The number of nitrogens with zero attached hydrogens (tertiary/aromatic N) is 4. The van der Waals surface area contributed by atoms with Crippen LogP contribution in [0.1, 0.15) is 38.2 Å². The third-order valence-electron chi connectivity index (χ3n) is 6.46. The smallest absolute Gasteiger partial charge is 0.225 e. The Balaban J connectivity index is 1.45. The van der Waals surface area contributed by atoms with E-state index in [2.05, 4.69) is 42.0 Å². The average Bonchev–Trinajstić information content (AvgIpc) is 3.33. The minimum atomic E-state index is -0.380. The second kappa shape index (κ2) is 7.84. The summed E-state index contributed by atoms with van der Waals surface area (Å²) in [5.74, 6) is 0.596. The maximum atomic E-state index is 12.2. The van der Waals surface area contributed by atoms with E-state index in [-0.39, 0.29) is 23.3 Å². The van der Waals surface area contributed by atoms with Crippen LogP contribution >= 0.6 is 15.9 Å². The molecule has 1 aliphatic carbocycles. The van der Waals surface area contributed by atoms with Gasteiger partial charge in [-0.1, -0.05) is 13.0 Å². The Hall–Kier alpha value is -3.01. The molecule has 5 rings (SSSR count). The van der Waals surface area contributed by atoms with E-state index in [0.29, 0.717) is 22.6 Å². The van der Waals surface area contributed by atoms with E-state index in [1.807, 2.05) is 25.1 Å². The number of halogens is 1. The maximum absolute atomic E-state index is 12.2. The number of nitrogens with one attached hydrogen (secondary N) is 3. The number of carbonyl (C=O) groups excluding carboxylic acids is 2. The molecule has 2 amide bonds. The highest BCUT2D eigenvalue weighted by Crippen LogP contribution is 2.39. The van der Waals surface area contributed by atoms with Crippen LogP contribution in [0.25, 0.3) is 16.7 Å². The molecule has 1 fully saturated rings. The fourth-order valence-electron chi connectivity index (χ4n) is 4.66. The van der Waals surface area contributed by atoms with Gasteiger partial charge in [0.05, 0.1) is 11.1 Å². The topological polar surface area (TPSA) is 114 Å². The van der Waals surface area contributed by atoms with Gasteiger partial charge in [0.25, 0.3) is 0 Å². The molecule has 3 aromatic rings. The summed E-state index contributed by atoms with van der Waals surface area (Å²) in [5, 5.41) is 14.5. The summed E-state index contributed by atoms with van der Waals surface area (Å²) in [6, 6.07) is 6.04. The van der Waals surface area contributed by atoms with E-state index in [1.54, 1.807) is 17.9 Å². The molecule has 0 saturated heterocycles. The summed E-state index contributed by atoms with van der Waals surface area (Å²) in [4.78, 5) is 33.2. The number of rotatable bonds is 4. The van der Waals surface area contributed by atoms with Gasteiger partial charge in [-0.05, 0) is 59.3 Å². The normalized spacial score (nSPS) is 22.5. The molecule has 32 heavy (non-hydrogen) atoms. The Kier molecular flexibility index (Phi) is 5.11. The fourth-order valence-corrected chi connectivity index (χ4v) is 5.10. The quantitative estimate of drug-likeness (QED) is 0.509. The van der Waals surface area contributed by atoms with Crippen LogP contribution in [0.3, 0.4) is 0 Å². The highest BCUT2D eigenvalue weighted by molar-refractivity contribution is 9.10.